The van der Waals surface area contributed by atoms with E-state index in [1.807, 2.05) is 38.1 Å². The van der Waals surface area contributed by atoms with E-state index in [0.29, 0.717) is 18.0 Å². The van der Waals surface area contributed by atoms with E-state index in [4.69, 9.17) is 17.3 Å². The summed E-state index contributed by atoms with van der Waals surface area (Å²) in [6, 6.07) is 7.71. The normalized spacial score (nSPS) is 14.0. The highest BCUT2D eigenvalue weighted by Gasteiger charge is 2.15. The van der Waals surface area contributed by atoms with E-state index in [0.717, 1.165) is 12.0 Å². The highest BCUT2D eigenvalue weighted by atomic mass is 35.5. The lowest BCUT2D eigenvalue weighted by Gasteiger charge is -2.17. The Labute approximate surface area is 114 Å². The van der Waals surface area contributed by atoms with E-state index in [9.17, 15) is 4.79 Å². The lowest BCUT2D eigenvalue weighted by molar-refractivity contribution is -0.122. The molecule has 1 rings (SSSR count). The number of hydrogen-bond donors (Lipinski definition) is 2. The number of carbonyl (C=O) groups excluding carboxylic acids is 1. The van der Waals surface area contributed by atoms with Gasteiger partial charge in [0, 0.05) is 23.4 Å². The Hall–Kier alpha value is -1.06. The van der Waals surface area contributed by atoms with Crippen LogP contribution < -0.4 is 11.1 Å². The Kier molecular flexibility index (Phi) is 6.16. The Bertz CT molecular complexity index is 378. The standard InChI is InChI=1S/C14H21ClN2O/c1-3-10(2)17-14(18)8-12(9-16)11-4-6-13(15)7-5-11/h4-7,10,12H,3,8-9,16H2,1-2H3,(H,17,18). The molecule has 0 heterocycles. The van der Waals surface area contributed by atoms with E-state index in [1.54, 1.807) is 0 Å². The molecule has 4 heteroatoms. The molecule has 0 saturated heterocycles. The van der Waals surface area contributed by atoms with E-state index < -0.39 is 0 Å². The summed E-state index contributed by atoms with van der Waals surface area (Å²) in [5.41, 5.74) is 6.80. The van der Waals surface area contributed by atoms with Crippen molar-refractivity contribution in [2.75, 3.05) is 6.54 Å². The summed E-state index contributed by atoms with van der Waals surface area (Å²) in [6.45, 7) is 4.50. The maximum absolute atomic E-state index is 11.8. The van der Waals surface area contributed by atoms with Gasteiger partial charge in [-0.25, -0.2) is 0 Å². The summed E-state index contributed by atoms with van der Waals surface area (Å²) in [6.07, 6.45) is 1.35. The molecule has 2 unspecified atom stereocenters. The largest absolute Gasteiger partial charge is 0.354 e. The quantitative estimate of drug-likeness (QED) is 0.833. The Morgan fingerprint density at radius 1 is 1.39 bits per heavy atom. The first-order chi connectivity index (χ1) is 8.56. The third-order valence-corrected chi connectivity index (χ3v) is 3.33. The second-order valence-electron chi connectivity index (χ2n) is 4.57. The van der Waals surface area contributed by atoms with Crippen LogP contribution in [0.15, 0.2) is 24.3 Å². The van der Waals surface area contributed by atoms with Crippen LogP contribution in [0.4, 0.5) is 0 Å². The van der Waals surface area contributed by atoms with Gasteiger partial charge < -0.3 is 11.1 Å². The van der Waals surface area contributed by atoms with E-state index in [-0.39, 0.29) is 17.9 Å². The van der Waals surface area contributed by atoms with Gasteiger partial charge in [0.05, 0.1) is 0 Å². The summed E-state index contributed by atoms with van der Waals surface area (Å²) in [7, 11) is 0. The van der Waals surface area contributed by atoms with E-state index in [1.165, 1.54) is 0 Å². The SMILES string of the molecule is CCC(C)NC(=O)CC(CN)c1ccc(Cl)cc1. The van der Waals surface area contributed by atoms with Gasteiger partial charge in [-0.15, -0.1) is 0 Å². The van der Waals surface area contributed by atoms with Crippen molar-refractivity contribution in [1.29, 1.82) is 0 Å². The van der Waals surface area contributed by atoms with Crippen LogP contribution in [0.3, 0.4) is 0 Å². The third kappa shape index (κ3) is 4.67. The van der Waals surface area contributed by atoms with E-state index in [2.05, 4.69) is 5.32 Å². The lowest BCUT2D eigenvalue weighted by atomic mass is 9.95. The molecule has 0 aliphatic rings. The minimum absolute atomic E-state index is 0.0475. The van der Waals surface area contributed by atoms with Gasteiger partial charge >= 0.3 is 0 Å². The first kappa shape index (κ1) is 15.0. The minimum atomic E-state index is 0.0475. The van der Waals surface area contributed by atoms with Crippen LogP contribution in [-0.4, -0.2) is 18.5 Å². The zero-order valence-corrected chi connectivity index (χ0v) is 11.7. The van der Waals surface area contributed by atoms with Crippen LogP contribution in [-0.2, 0) is 4.79 Å². The Balaban J connectivity index is 2.61. The first-order valence-electron chi connectivity index (χ1n) is 6.31. The van der Waals surface area contributed by atoms with Crippen molar-refractivity contribution >= 4 is 17.5 Å². The van der Waals surface area contributed by atoms with Gasteiger partial charge in [0.2, 0.25) is 5.91 Å². The molecular formula is C14H21ClN2O. The van der Waals surface area contributed by atoms with Gasteiger partial charge in [0.15, 0.2) is 0 Å². The van der Waals surface area contributed by atoms with Crippen molar-refractivity contribution in [3.05, 3.63) is 34.9 Å². The van der Waals surface area contributed by atoms with Gasteiger partial charge in [-0.05, 0) is 37.6 Å². The molecule has 0 radical (unpaired) electrons. The van der Waals surface area contributed by atoms with Gasteiger partial charge in [0.1, 0.15) is 0 Å². The zero-order chi connectivity index (χ0) is 13.5. The molecule has 2 atom stereocenters. The van der Waals surface area contributed by atoms with Crippen LogP contribution in [0, 0.1) is 0 Å². The van der Waals surface area contributed by atoms with Crippen molar-refractivity contribution in [2.45, 2.75) is 38.6 Å². The molecule has 0 aliphatic heterocycles. The molecule has 3 nitrogen and oxygen atoms in total. The molecular weight excluding hydrogens is 248 g/mol. The molecule has 100 valence electrons. The zero-order valence-electron chi connectivity index (χ0n) is 10.9. The highest BCUT2D eigenvalue weighted by Crippen LogP contribution is 2.20. The van der Waals surface area contributed by atoms with Gasteiger partial charge in [0.25, 0.3) is 0 Å². The molecule has 1 aromatic carbocycles. The summed E-state index contributed by atoms with van der Waals surface area (Å²) in [5, 5.41) is 3.65. The van der Waals surface area contributed by atoms with Crippen LogP contribution in [0.5, 0.6) is 0 Å². The fraction of sp³-hybridized carbons (Fsp3) is 0.500. The molecule has 3 N–H and O–H groups in total. The highest BCUT2D eigenvalue weighted by molar-refractivity contribution is 6.30. The number of amides is 1. The molecule has 18 heavy (non-hydrogen) atoms. The predicted molar refractivity (Wildman–Crippen MR) is 75.8 cm³/mol. The summed E-state index contributed by atoms with van der Waals surface area (Å²) >= 11 is 5.84. The van der Waals surface area contributed by atoms with Crippen LogP contribution >= 0.6 is 11.6 Å². The third-order valence-electron chi connectivity index (χ3n) is 3.08. The van der Waals surface area contributed by atoms with Crippen molar-refractivity contribution < 1.29 is 4.79 Å². The fourth-order valence-electron chi connectivity index (χ4n) is 1.73. The predicted octanol–water partition coefficient (Wildman–Crippen LogP) is 2.69. The molecule has 0 fully saturated rings. The fourth-order valence-corrected chi connectivity index (χ4v) is 1.86. The number of nitrogens with two attached hydrogens (primary N) is 1. The summed E-state index contributed by atoms with van der Waals surface area (Å²) in [4.78, 5) is 11.8. The maximum atomic E-state index is 11.8. The molecule has 0 spiro atoms. The monoisotopic (exact) mass is 268 g/mol. The Morgan fingerprint density at radius 2 is 2.00 bits per heavy atom. The maximum Gasteiger partial charge on any atom is 0.220 e. The topological polar surface area (TPSA) is 55.1 Å². The van der Waals surface area contributed by atoms with Crippen molar-refractivity contribution in [1.82, 2.24) is 5.32 Å². The van der Waals surface area contributed by atoms with Gasteiger partial charge in [-0.2, -0.15) is 0 Å². The van der Waals surface area contributed by atoms with Crippen molar-refractivity contribution in [2.24, 2.45) is 5.73 Å². The number of nitrogens with one attached hydrogen (secondary N) is 1. The van der Waals surface area contributed by atoms with Crippen LogP contribution in [0.2, 0.25) is 5.02 Å². The molecule has 0 aliphatic carbocycles. The molecule has 1 aromatic rings. The second-order valence-corrected chi connectivity index (χ2v) is 5.00. The summed E-state index contributed by atoms with van der Waals surface area (Å²) < 4.78 is 0. The van der Waals surface area contributed by atoms with Gasteiger partial charge in [-0.3, -0.25) is 4.79 Å². The number of rotatable bonds is 6. The number of halogens is 1. The second kappa shape index (κ2) is 7.39. The first-order valence-corrected chi connectivity index (χ1v) is 6.69. The van der Waals surface area contributed by atoms with Gasteiger partial charge in [-0.1, -0.05) is 30.7 Å². The number of hydrogen-bond acceptors (Lipinski definition) is 2. The lowest BCUT2D eigenvalue weighted by Crippen LogP contribution is -2.33. The van der Waals surface area contributed by atoms with Crippen molar-refractivity contribution in [3.63, 3.8) is 0 Å². The minimum Gasteiger partial charge on any atom is -0.354 e. The van der Waals surface area contributed by atoms with E-state index >= 15 is 0 Å². The summed E-state index contributed by atoms with van der Waals surface area (Å²) in [5.74, 6) is 0.0982. The van der Waals surface area contributed by atoms with Crippen LogP contribution in [0.1, 0.15) is 38.2 Å². The number of benzene rings is 1. The van der Waals surface area contributed by atoms with Crippen molar-refractivity contribution in [3.8, 4) is 0 Å². The Morgan fingerprint density at radius 3 is 2.50 bits per heavy atom. The molecule has 1 amide bonds. The van der Waals surface area contributed by atoms with Crippen LogP contribution in [0.25, 0.3) is 0 Å². The molecule has 0 aromatic heterocycles. The molecule has 0 bridgehead atoms. The molecule has 0 saturated carbocycles. The number of carbonyl (C=O) groups is 1. The average Bonchev–Trinajstić information content (AvgIpc) is 2.37. The average molecular weight is 269 g/mol. The smallest absolute Gasteiger partial charge is 0.220 e.